The van der Waals surface area contributed by atoms with Gasteiger partial charge in [-0.05, 0) is 38.7 Å². The third-order valence-electron chi connectivity index (χ3n) is 2.76. The van der Waals surface area contributed by atoms with Crippen LogP contribution in [0, 0.1) is 0 Å². The van der Waals surface area contributed by atoms with E-state index in [2.05, 4.69) is 70.8 Å². The molecule has 16 heavy (non-hydrogen) atoms. The molecule has 1 aromatic carbocycles. The molecule has 1 aromatic heterocycles. The minimum absolute atomic E-state index is 0.978. The highest BCUT2D eigenvalue weighted by Gasteiger charge is 2.10. The van der Waals surface area contributed by atoms with E-state index in [0.29, 0.717) is 0 Å². The van der Waals surface area contributed by atoms with Gasteiger partial charge in [0.2, 0.25) is 0 Å². The lowest BCUT2D eigenvalue weighted by Gasteiger charge is -2.08. The van der Waals surface area contributed by atoms with Gasteiger partial charge in [0.05, 0.1) is 0 Å². The summed E-state index contributed by atoms with van der Waals surface area (Å²) in [6.07, 6.45) is 2.26. The van der Waals surface area contributed by atoms with E-state index in [1.54, 1.807) is 0 Å². The van der Waals surface area contributed by atoms with Crippen LogP contribution in [0.5, 0.6) is 0 Å². The summed E-state index contributed by atoms with van der Waals surface area (Å²) < 4.78 is 3.49. The van der Waals surface area contributed by atoms with Gasteiger partial charge < -0.3 is 9.47 Å². The van der Waals surface area contributed by atoms with Gasteiger partial charge in [0, 0.05) is 34.7 Å². The fraction of sp³-hybridized carbons (Fsp3) is 0.385. The minimum Gasteiger partial charge on any atom is -0.347 e. The fourth-order valence-electron chi connectivity index (χ4n) is 2.11. The summed E-state index contributed by atoms with van der Waals surface area (Å²) in [7, 11) is 4.21. The fourth-order valence-corrected chi connectivity index (χ4v) is 2.72. The number of hydrogen-bond acceptors (Lipinski definition) is 1. The maximum absolute atomic E-state index is 3.65. The first kappa shape index (κ1) is 11.7. The topological polar surface area (TPSA) is 8.17 Å². The van der Waals surface area contributed by atoms with Crippen molar-refractivity contribution in [2.24, 2.45) is 0 Å². The minimum atomic E-state index is 0.978. The Morgan fingerprint density at radius 2 is 2.06 bits per heavy atom. The average molecular weight is 281 g/mol. The Labute approximate surface area is 105 Å². The van der Waals surface area contributed by atoms with Crippen LogP contribution in [0.15, 0.2) is 28.9 Å². The Hall–Kier alpha value is -0.800. The molecule has 1 heterocycles. The van der Waals surface area contributed by atoms with E-state index in [9.17, 15) is 0 Å². The molecule has 0 saturated heterocycles. The zero-order valence-corrected chi connectivity index (χ0v) is 11.6. The summed E-state index contributed by atoms with van der Waals surface area (Å²) in [5.41, 5.74) is 2.70. The summed E-state index contributed by atoms with van der Waals surface area (Å²) in [5, 5.41) is 1.35. The van der Waals surface area contributed by atoms with E-state index in [-0.39, 0.29) is 0 Å². The second kappa shape index (κ2) is 4.60. The van der Waals surface area contributed by atoms with Gasteiger partial charge in [0.1, 0.15) is 0 Å². The lowest BCUT2D eigenvalue weighted by molar-refractivity contribution is 0.403. The smallest absolute Gasteiger partial charge is 0.0495 e. The first-order valence-electron chi connectivity index (χ1n) is 5.54. The summed E-state index contributed by atoms with van der Waals surface area (Å²) in [5.74, 6) is 0. The highest BCUT2D eigenvalue weighted by molar-refractivity contribution is 9.10. The van der Waals surface area contributed by atoms with Gasteiger partial charge in [-0.3, -0.25) is 0 Å². The zero-order chi connectivity index (χ0) is 11.7. The number of hydrogen-bond donors (Lipinski definition) is 0. The highest BCUT2D eigenvalue weighted by Crippen LogP contribution is 2.29. The van der Waals surface area contributed by atoms with Crippen LogP contribution in [0.25, 0.3) is 10.9 Å². The van der Waals surface area contributed by atoms with Crippen LogP contribution in [0.4, 0.5) is 0 Å². The molecular formula is C13H17BrN2. The van der Waals surface area contributed by atoms with Gasteiger partial charge in [-0.1, -0.05) is 22.0 Å². The van der Waals surface area contributed by atoms with Crippen molar-refractivity contribution in [2.75, 3.05) is 14.1 Å². The second-order valence-electron chi connectivity index (χ2n) is 4.31. The number of nitrogens with zero attached hydrogens (tertiary/aromatic N) is 2. The summed E-state index contributed by atoms with van der Waals surface area (Å²) >= 11 is 3.65. The van der Waals surface area contributed by atoms with Gasteiger partial charge >= 0.3 is 0 Å². The third kappa shape index (κ3) is 2.02. The van der Waals surface area contributed by atoms with Crippen LogP contribution in [0.2, 0.25) is 0 Å². The average Bonchev–Trinajstić information content (AvgIpc) is 2.57. The lowest BCUT2D eigenvalue weighted by atomic mass is 10.2. The molecule has 0 spiro atoms. The van der Waals surface area contributed by atoms with Crippen molar-refractivity contribution in [1.29, 1.82) is 0 Å². The molecule has 0 radical (unpaired) electrons. The number of aromatic nitrogens is 1. The van der Waals surface area contributed by atoms with Crippen molar-refractivity contribution >= 4 is 26.8 Å². The van der Waals surface area contributed by atoms with E-state index in [0.717, 1.165) is 13.1 Å². The van der Waals surface area contributed by atoms with E-state index >= 15 is 0 Å². The maximum atomic E-state index is 3.65. The van der Waals surface area contributed by atoms with Crippen molar-refractivity contribution in [2.45, 2.75) is 20.0 Å². The van der Waals surface area contributed by atoms with Crippen molar-refractivity contribution in [1.82, 2.24) is 9.47 Å². The predicted molar refractivity (Wildman–Crippen MR) is 72.7 cm³/mol. The van der Waals surface area contributed by atoms with Crippen LogP contribution in [0.3, 0.4) is 0 Å². The highest BCUT2D eigenvalue weighted by atomic mass is 79.9. The van der Waals surface area contributed by atoms with E-state index in [1.807, 2.05) is 0 Å². The standard InChI is InChI=1S/C13H17BrN2/c1-4-16-9-10(8-15(2)3)13-11(14)6-5-7-12(13)16/h5-7,9H,4,8H2,1-3H3. The predicted octanol–water partition coefficient (Wildman–Crippen LogP) is 3.49. The molecule has 0 saturated carbocycles. The molecule has 0 fully saturated rings. The quantitative estimate of drug-likeness (QED) is 0.836. The second-order valence-corrected chi connectivity index (χ2v) is 5.17. The maximum Gasteiger partial charge on any atom is 0.0495 e. The van der Waals surface area contributed by atoms with Gasteiger partial charge in [-0.15, -0.1) is 0 Å². The molecule has 0 aliphatic rings. The van der Waals surface area contributed by atoms with Crippen LogP contribution in [-0.2, 0) is 13.1 Å². The Morgan fingerprint density at radius 3 is 2.69 bits per heavy atom. The van der Waals surface area contributed by atoms with Crippen LogP contribution >= 0.6 is 15.9 Å². The monoisotopic (exact) mass is 280 g/mol. The van der Waals surface area contributed by atoms with Crippen molar-refractivity contribution in [3.8, 4) is 0 Å². The molecule has 0 atom stereocenters. The van der Waals surface area contributed by atoms with Crippen molar-refractivity contribution in [3.05, 3.63) is 34.4 Å². The van der Waals surface area contributed by atoms with Crippen LogP contribution < -0.4 is 0 Å². The number of fused-ring (bicyclic) bond motifs is 1. The van der Waals surface area contributed by atoms with E-state index in [1.165, 1.54) is 20.9 Å². The molecule has 0 bridgehead atoms. The van der Waals surface area contributed by atoms with Crippen molar-refractivity contribution < 1.29 is 0 Å². The Balaban J connectivity index is 2.64. The molecule has 2 nitrogen and oxygen atoms in total. The summed E-state index contributed by atoms with van der Waals surface area (Å²) in [6, 6.07) is 6.39. The Bertz CT molecular complexity index is 500. The van der Waals surface area contributed by atoms with E-state index in [4.69, 9.17) is 0 Å². The van der Waals surface area contributed by atoms with Gasteiger partial charge in [-0.25, -0.2) is 0 Å². The number of benzene rings is 1. The first-order chi connectivity index (χ1) is 7.63. The number of rotatable bonds is 3. The molecule has 86 valence electrons. The molecule has 2 aromatic rings. The molecule has 3 heteroatoms. The van der Waals surface area contributed by atoms with Gasteiger partial charge in [0.25, 0.3) is 0 Å². The third-order valence-corrected chi connectivity index (χ3v) is 3.42. The Kier molecular flexibility index (Phi) is 3.36. The molecule has 0 aliphatic heterocycles. The largest absolute Gasteiger partial charge is 0.347 e. The van der Waals surface area contributed by atoms with Crippen LogP contribution in [-0.4, -0.2) is 23.6 Å². The summed E-state index contributed by atoms with van der Waals surface area (Å²) in [6.45, 7) is 4.17. The molecular weight excluding hydrogens is 264 g/mol. The van der Waals surface area contributed by atoms with Gasteiger partial charge in [0.15, 0.2) is 0 Å². The molecule has 0 N–H and O–H groups in total. The zero-order valence-electron chi connectivity index (χ0n) is 10.00. The SMILES string of the molecule is CCn1cc(CN(C)C)c2c(Br)cccc21. The van der Waals surface area contributed by atoms with Crippen LogP contribution in [0.1, 0.15) is 12.5 Å². The Morgan fingerprint density at radius 1 is 1.31 bits per heavy atom. The van der Waals surface area contributed by atoms with E-state index < -0.39 is 0 Å². The number of halogens is 1. The first-order valence-corrected chi connectivity index (χ1v) is 6.33. The molecule has 2 rings (SSSR count). The molecule has 0 unspecified atom stereocenters. The van der Waals surface area contributed by atoms with Crippen molar-refractivity contribution in [3.63, 3.8) is 0 Å². The molecule has 0 aliphatic carbocycles. The lowest BCUT2D eigenvalue weighted by Crippen LogP contribution is -2.10. The molecule has 0 amide bonds. The normalized spacial score (nSPS) is 11.6. The number of aryl methyl sites for hydroxylation is 1. The van der Waals surface area contributed by atoms with Gasteiger partial charge in [-0.2, -0.15) is 0 Å². The summed E-state index contributed by atoms with van der Waals surface area (Å²) in [4.78, 5) is 2.20.